The monoisotopic (exact) mass is 234 g/mol. The molecule has 0 bridgehead atoms. The lowest BCUT2D eigenvalue weighted by Crippen LogP contribution is -2.22. The number of hydrogen-bond acceptors (Lipinski definition) is 4. The Kier molecular flexibility index (Phi) is 2.89. The maximum atomic E-state index is 9.20. The molecule has 1 atom stereocenters. The van der Waals surface area contributed by atoms with Crippen molar-refractivity contribution in [2.75, 3.05) is 6.61 Å². The maximum Gasteiger partial charge on any atom is 0.161 e. The number of fused-ring (bicyclic) bond motifs is 1. The topological polar surface area (TPSA) is 76.4 Å². The van der Waals surface area contributed by atoms with Crippen LogP contribution in [0.3, 0.4) is 0 Å². The summed E-state index contributed by atoms with van der Waals surface area (Å²) in [6.45, 7) is 6.13. The van der Waals surface area contributed by atoms with E-state index in [4.69, 9.17) is 5.73 Å². The number of rotatable bonds is 2. The fraction of sp³-hybridized carbons (Fsp3) is 0.500. The van der Waals surface area contributed by atoms with E-state index in [2.05, 4.69) is 31.0 Å². The third-order valence-electron chi connectivity index (χ3n) is 2.71. The minimum atomic E-state index is -0.421. The molecule has 5 nitrogen and oxygen atoms in total. The number of aliphatic hydroxyl groups is 1. The highest BCUT2D eigenvalue weighted by molar-refractivity contribution is 5.41. The third kappa shape index (κ3) is 2.03. The SMILES string of the molecule is CC(C)(C)c1nnc2cccc(C(N)CO)n12. The molecule has 1 unspecified atom stereocenters. The first-order chi connectivity index (χ1) is 7.95. The summed E-state index contributed by atoms with van der Waals surface area (Å²) in [4.78, 5) is 0. The van der Waals surface area contributed by atoms with Crippen LogP contribution in [-0.4, -0.2) is 26.3 Å². The largest absolute Gasteiger partial charge is 0.394 e. The lowest BCUT2D eigenvalue weighted by molar-refractivity contribution is 0.264. The Morgan fingerprint density at radius 3 is 2.65 bits per heavy atom. The summed E-state index contributed by atoms with van der Waals surface area (Å²) >= 11 is 0. The van der Waals surface area contributed by atoms with Gasteiger partial charge in [-0.1, -0.05) is 26.8 Å². The zero-order valence-corrected chi connectivity index (χ0v) is 10.4. The molecule has 0 spiro atoms. The molecule has 0 saturated carbocycles. The molecule has 0 radical (unpaired) electrons. The first kappa shape index (κ1) is 12.0. The van der Waals surface area contributed by atoms with Gasteiger partial charge in [-0.05, 0) is 12.1 Å². The molecule has 92 valence electrons. The van der Waals surface area contributed by atoms with E-state index in [0.29, 0.717) is 0 Å². The fourth-order valence-corrected chi connectivity index (χ4v) is 1.83. The van der Waals surface area contributed by atoms with Gasteiger partial charge in [-0.2, -0.15) is 0 Å². The summed E-state index contributed by atoms with van der Waals surface area (Å²) in [7, 11) is 0. The first-order valence-corrected chi connectivity index (χ1v) is 5.66. The molecule has 2 heterocycles. The van der Waals surface area contributed by atoms with Gasteiger partial charge in [-0.15, -0.1) is 10.2 Å². The van der Waals surface area contributed by atoms with Gasteiger partial charge in [0.15, 0.2) is 5.65 Å². The third-order valence-corrected chi connectivity index (χ3v) is 2.71. The Balaban J connectivity index is 2.72. The van der Waals surface area contributed by atoms with E-state index in [1.807, 2.05) is 22.6 Å². The summed E-state index contributed by atoms with van der Waals surface area (Å²) in [6.07, 6.45) is 0. The van der Waals surface area contributed by atoms with Crippen molar-refractivity contribution >= 4 is 5.65 Å². The number of nitrogens with two attached hydrogens (primary N) is 1. The highest BCUT2D eigenvalue weighted by Gasteiger charge is 2.23. The Hall–Kier alpha value is -1.46. The predicted molar refractivity (Wildman–Crippen MR) is 65.7 cm³/mol. The molecule has 3 N–H and O–H groups in total. The van der Waals surface area contributed by atoms with Gasteiger partial charge in [0.25, 0.3) is 0 Å². The van der Waals surface area contributed by atoms with E-state index in [1.165, 1.54) is 0 Å². The van der Waals surface area contributed by atoms with Gasteiger partial charge in [0, 0.05) is 11.1 Å². The van der Waals surface area contributed by atoms with Crippen LogP contribution in [0.1, 0.15) is 38.3 Å². The van der Waals surface area contributed by atoms with E-state index in [0.717, 1.165) is 17.2 Å². The molecule has 0 saturated heterocycles. The molecule has 2 aromatic heterocycles. The van der Waals surface area contributed by atoms with Crippen molar-refractivity contribution in [3.8, 4) is 0 Å². The van der Waals surface area contributed by atoms with Crippen molar-refractivity contribution in [1.29, 1.82) is 0 Å². The van der Waals surface area contributed by atoms with Gasteiger partial charge < -0.3 is 10.8 Å². The fourth-order valence-electron chi connectivity index (χ4n) is 1.83. The highest BCUT2D eigenvalue weighted by atomic mass is 16.3. The second-order valence-electron chi connectivity index (χ2n) is 5.21. The molecule has 0 aliphatic carbocycles. The van der Waals surface area contributed by atoms with Crippen LogP contribution in [0.25, 0.3) is 5.65 Å². The van der Waals surface area contributed by atoms with Crippen LogP contribution in [0.15, 0.2) is 18.2 Å². The normalized spacial score (nSPS) is 14.2. The molecule has 17 heavy (non-hydrogen) atoms. The number of nitrogens with zero attached hydrogens (tertiary/aromatic N) is 3. The molecular formula is C12H18N4O. The first-order valence-electron chi connectivity index (χ1n) is 5.66. The zero-order valence-electron chi connectivity index (χ0n) is 10.4. The van der Waals surface area contributed by atoms with Crippen LogP contribution in [0, 0.1) is 0 Å². The van der Waals surface area contributed by atoms with Crippen molar-refractivity contribution in [2.45, 2.75) is 32.2 Å². The molecular weight excluding hydrogens is 216 g/mol. The Bertz CT molecular complexity index is 527. The summed E-state index contributed by atoms with van der Waals surface area (Å²) in [6, 6.07) is 5.24. The van der Waals surface area contributed by atoms with Crippen LogP contribution in [-0.2, 0) is 5.41 Å². The Morgan fingerprint density at radius 1 is 1.35 bits per heavy atom. The van der Waals surface area contributed by atoms with Crippen LogP contribution in [0.2, 0.25) is 0 Å². The van der Waals surface area contributed by atoms with Crippen molar-refractivity contribution in [3.05, 3.63) is 29.7 Å². The predicted octanol–water partition coefficient (Wildman–Crippen LogP) is 1.02. The molecule has 0 aliphatic rings. The van der Waals surface area contributed by atoms with Crippen molar-refractivity contribution in [1.82, 2.24) is 14.6 Å². The number of hydrogen-bond donors (Lipinski definition) is 2. The van der Waals surface area contributed by atoms with Crippen LogP contribution in [0.5, 0.6) is 0 Å². The van der Waals surface area contributed by atoms with Crippen molar-refractivity contribution < 1.29 is 5.11 Å². The van der Waals surface area contributed by atoms with Gasteiger partial charge >= 0.3 is 0 Å². The lowest BCUT2D eigenvalue weighted by Gasteiger charge is -2.19. The number of aromatic nitrogens is 3. The molecule has 0 fully saturated rings. The number of pyridine rings is 1. The molecule has 2 aromatic rings. The van der Waals surface area contributed by atoms with Gasteiger partial charge in [0.1, 0.15) is 5.82 Å². The van der Waals surface area contributed by atoms with Gasteiger partial charge in [-0.3, -0.25) is 4.40 Å². The smallest absolute Gasteiger partial charge is 0.161 e. The van der Waals surface area contributed by atoms with Crippen molar-refractivity contribution in [3.63, 3.8) is 0 Å². The highest BCUT2D eigenvalue weighted by Crippen LogP contribution is 2.23. The summed E-state index contributed by atoms with van der Waals surface area (Å²) in [5.41, 5.74) is 7.38. The Labute approximate surface area is 100 Å². The average Bonchev–Trinajstić information content (AvgIpc) is 2.70. The van der Waals surface area contributed by atoms with E-state index in [9.17, 15) is 5.11 Å². The summed E-state index contributed by atoms with van der Waals surface area (Å²) in [5, 5.41) is 17.6. The summed E-state index contributed by atoms with van der Waals surface area (Å²) < 4.78 is 1.93. The average molecular weight is 234 g/mol. The number of aliphatic hydroxyl groups excluding tert-OH is 1. The Morgan fingerprint density at radius 2 is 2.06 bits per heavy atom. The lowest BCUT2D eigenvalue weighted by atomic mass is 9.95. The molecule has 0 aromatic carbocycles. The summed E-state index contributed by atoms with van der Waals surface area (Å²) in [5.74, 6) is 0.854. The van der Waals surface area contributed by atoms with E-state index >= 15 is 0 Å². The standard InChI is InChI=1S/C12H18N4O/c1-12(2,3)11-15-14-10-6-4-5-9(16(10)11)8(13)7-17/h4-6,8,17H,7,13H2,1-3H3. The van der Waals surface area contributed by atoms with Gasteiger partial charge in [0.2, 0.25) is 0 Å². The van der Waals surface area contributed by atoms with E-state index < -0.39 is 6.04 Å². The van der Waals surface area contributed by atoms with Crippen LogP contribution < -0.4 is 5.73 Å². The maximum absolute atomic E-state index is 9.20. The van der Waals surface area contributed by atoms with Gasteiger partial charge in [-0.25, -0.2) is 0 Å². The molecule has 2 rings (SSSR count). The zero-order chi connectivity index (χ0) is 12.6. The van der Waals surface area contributed by atoms with Crippen LogP contribution in [0.4, 0.5) is 0 Å². The van der Waals surface area contributed by atoms with E-state index in [1.54, 1.807) is 0 Å². The second kappa shape index (κ2) is 4.09. The minimum absolute atomic E-state index is 0.0964. The molecule has 0 aliphatic heterocycles. The van der Waals surface area contributed by atoms with Crippen molar-refractivity contribution in [2.24, 2.45) is 5.73 Å². The molecule has 0 amide bonds. The minimum Gasteiger partial charge on any atom is -0.394 e. The van der Waals surface area contributed by atoms with Gasteiger partial charge in [0.05, 0.1) is 12.6 Å². The quantitative estimate of drug-likeness (QED) is 0.813. The second-order valence-corrected chi connectivity index (χ2v) is 5.21. The molecule has 5 heteroatoms. The van der Waals surface area contributed by atoms with Crippen LogP contribution >= 0.6 is 0 Å². The van der Waals surface area contributed by atoms with E-state index in [-0.39, 0.29) is 12.0 Å².